The fourth-order valence-electron chi connectivity index (χ4n) is 1.63. The Balaban J connectivity index is 2.33. The number of anilines is 1. The predicted molar refractivity (Wildman–Crippen MR) is 69.9 cm³/mol. The summed E-state index contributed by atoms with van der Waals surface area (Å²) in [4.78, 5) is 0. The van der Waals surface area contributed by atoms with E-state index < -0.39 is 6.61 Å². The molecule has 2 aromatic rings. The van der Waals surface area contributed by atoms with Gasteiger partial charge in [-0.25, -0.2) is 0 Å². The van der Waals surface area contributed by atoms with Gasteiger partial charge in [0, 0.05) is 5.56 Å². The highest BCUT2D eigenvalue weighted by Crippen LogP contribution is 2.32. The molecule has 0 aliphatic heterocycles. The van der Waals surface area contributed by atoms with Crippen LogP contribution in [0.4, 0.5) is 14.6 Å². The highest BCUT2D eigenvalue weighted by molar-refractivity contribution is 5.64. The minimum atomic E-state index is -2.96. The number of aromatic nitrogens is 2. The molecule has 0 bridgehead atoms. The molecule has 1 aromatic carbocycles. The normalized spacial score (nSPS) is 10.0. The summed E-state index contributed by atoms with van der Waals surface area (Å²) in [6.45, 7) is -2.96. The molecule has 0 fully saturated rings. The van der Waals surface area contributed by atoms with E-state index in [-0.39, 0.29) is 11.5 Å². The van der Waals surface area contributed by atoms with E-state index in [9.17, 15) is 8.78 Å². The van der Waals surface area contributed by atoms with Crippen molar-refractivity contribution in [1.29, 1.82) is 5.26 Å². The molecule has 0 spiro atoms. The molecule has 0 saturated heterocycles. The van der Waals surface area contributed by atoms with E-state index in [4.69, 9.17) is 10.00 Å². The summed E-state index contributed by atoms with van der Waals surface area (Å²) in [6, 6.07) is 7.66. The monoisotopic (exact) mass is 292 g/mol. The van der Waals surface area contributed by atoms with Crippen molar-refractivity contribution in [3.05, 3.63) is 30.3 Å². The van der Waals surface area contributed by atoms with Gasteiger partial charge in [-0.1, -0.05) is 0 Å². The predicted octanol–water partition coefficient (Wildman–Crippen LogP) is 2.65. The van der Waals surface area contributed by atoms with Crippen LogP contribution in [-0.4, -0.2) is 23.9 Å². The Morgan fingerprint density at radius 1 is 1.19 bits per heavy atom. The first-order chi connectivity index (χ1) is 10.1. The van der Waals surface area contributed by atoms with Gasteiger partial charge in [-0.15, -0.1) is 10.2 Å². The van der Waals surface area contributed by atoms with E-state index in [1.165, 1.54) is 19.2 Å². The fraction of sp³-hybridized carbons (Fsp3) is 0.154. The van der Waals surface area contributed by atoms with Gasteiger partial charge in [0.05, 0.1) is 12.8 Å². The molecule has 0 atom stereocenters. The van der Waals surface area contributed by atoms with Gasteiger partial charge >= 0.3 is 6.61 Å². The topological polar surface area (TPSA) is 80.1 Å². The van der Waals surface area contributed by atoms with Crippen molar-refractivity contribution in [2.45, 2.75) is 6.61 Å². The Kier molecular flexibility index (Phi) is 4.46. The zero-order valence-electron chi connectivity index (χ0n) is 10.9. The van der Waals surface area contributed by atoms with Gasteiger partial charge in [0.1, 0.15) is 0 Å². The molecular weight excluding hydrogens is 282 g/mol. The van der Waals surface area contributed by atoms with E-state index in [1.807, 2.05) is 0 Å². The Hall–Kier alpha value is -2.95. The minimum Gasteiger partial charge on any atom is -0.493 e. The highest BCUT2D eigenvalue weighted by atomic mass is 19.3. The molecule has 0 aliphatic carbocycles. The molecule has 2 rings (SSSR count). The molecule has 0 amide bonds. The molecule has 1 heterocycles. The standard InChI is InChI=1S/C13H10F2N4O2/c1-20-10-4-2-8(6-11(10)21-13(14)15)9-3-5-12(17-7-16)19-18-9/h2-6,13H,1H3,(H,17,19). The van der Waals surface area contributed by atoms with E-state index in [0.29, 0.717) is 17.1 Å². The number of nitrogens with one attached hydrogen (secondary N) is 1. The van der Waals surface area contributed by atoms with Crippen molar-refractivity contribution in [1.82, 2.24) is 10.2 Å². The summed E-state index contributed by atoms with van der Waals surface area (Å²) in [5.41, 5.74) is 0.975. The number of halogens is 2. The van der Waals surface area contributed by atoms with Crippen LogP contribution in [0.5, 0.6) is 11.5 Å². The van der Waals surface area contributed by atoms with Crippen LogP contribution in [0.2, 0.25) is 0 Å². The van der Waals surface area contributed by atoms with Crippen molar-refractivity contribution < 1.29 is 18.3 Å². The molecule has 6 nitrogen and oxygen atoms in total. The van der Waals surface area contributed by atoms with Gasteiger partial charge in [-0.2, -0.15) is 14.0 Å². The lowest BCUT2D eigenvalue weighted by atomic mass is 10.1. The third kappa shape index (κ3) is 3.54. The number of alkyl halides is 2. The lowest BCUT2D eigenvalue weighted by Crippen LogP contribution is -2.03. The molecule has 0 aliphatic rings. The summed E-state index contributed by atoms with van der Waals surface area (Å²) in [6.07, 6.45) is 1.72. The average Bonchev–Trinajstić information content (AvgIpc) is 2.48. The van der Waals surface area contributed by atoms with Crippen LogP contribution in [0.15, 0.2) is 30.3 Å². The molecule has 0 unspecified atom stereocenters. The number of benzene rings is 1. The summed E-state index contributed by atoms with van der Waals surface area (Å²) in [7, 11) is 1.36. The van der Waals surface area contributed by atoms with Gasteiger partial charge in [0.25, 0.3) is 0 Å². The molecule has 1 N–H and O–H groups in total. The molecule has 108 valence electrons. The average molecular weight is 292 g/mol. The van der Waals surface area contributed by atoms with Crippen LogP contribution in [0.25, 0.3) is 11.3 Å². The van der Waals surface area contributed by atoms with Crippen LogP contribution in [0.3, 0.4) is 0 Å². The second-order valence-corrected chi connectivity index (χ2v) is 3.78. The number of rotatable bonds is 5. The van der Waals surface area contributed by atoms with Crippen LogP contribution < -0.4 is 14.8 Å². The minimum absolute atomic E-state index is 0.0916. The maximum Gasteiger partial charge on any atom is 0.387 e. The lowest BCUT2D eigenvalue weighted by molar-refractivity contribution is -0.0511. The van der Waals surface area contributed by atoms with E-state index >= 15 is 0 Å². The lowest BCUT2D eigenvalue weighted by Gasteiger charge is -2.11. The fourth-order valence-corrected chi connectivity index (χ4v) is 1.63. The third-order valence-electron chi connectivity index (χ3n) is 2.52. The van der Waals surface area contributed by atoms with Crippen LogP contribution in [0, 0.1) is 11.5 Å². The zero-order chi connectivity index (χ0) is 15.2. The van der Waals surface area contributed by atoms with Crippen molar-refractivity contribution >= 4 is 5.82 Å². The first kappa shape index (κ1) is 14.5. The van der Waals surface area contributed by atoms with E-state index in [0.717, 1.165) is 0 Å². The molecule has 1 aromatic heterocycles. The summed E-state index contributed by atoms with van der Waals surface area (Å²) >= 11 is 0. The Morgan fingerprint density at radius 3 is 2.57 bits per heavy atom. The smallest absolute Gasteiger partial charge is 0.387 e. The summed E-state index contributed by atoms with van der Waals surface area (Å²) in [5, 5.41) is 18.5. The molecule has 21 heavy (non-hydrogen) atoms. The SMILES string of the molecule is COc1ccc(-c2ccc(NC#N)nn2)cc1OC(F)F. The molecule has 8 heteroatoms. The third-order valence-corrected chi connectivity index (χ3v) is 2.52. The van der Waals surface area contributed by atoms with E-state index in [1.54, 1.807) is 24.4 Å². The van der Waals surface area contributed by atoms with Crippen LogP contribution >= 0.6 is 0 Å². The summed E-state index contributed by atoms with van der Waals surface area (Å²) < 4.78 is 34.1. The first-order valence-corrected chi connectivity index (χ1v) is 5.76. The van der Waals surface area contributed by atoms with Gasteiger partial charge in [-0.05, 0) is 30.3 Å². The Labute approximate surface area is 118 Å². The van der Waals surface area contributed by atoms with Crippen molar-refractivity contribution in [3.63, 3.8) is 0 Å². The van der Waals surface area contributed by atoms with Gasteiger partial charge in [0.15, 0.2) is 23.5 Å². The van der Waals surface area contributed by atoms with Crippen molar-refractivity contribution in [2.75, 3.05) is 12.4 Å². The number of hydrogen-bond acceptors (Lipinski definition) is 6. The quantitative estimate of drug-likeness (QED) is 0.674. The van der Waals surface area contributed by atoms with Crippen molar-refractivity contribution in [2.24, 2.45) is 0 Å². The van der Waals surface area contributed by atoms with Crippen LogP contribution in [0.1, 0.15) is 0 Å². The van der Waals surface area contributed by atoms with Crippen molar-refractivity contribution in [3.8, 4) is 28.9 Å². The maximum atomic E-state index is 12.4. The van der Waals surface area contributed by atoms with Gasteiger partial charge in [-0.3, -0.25) is 5.32 Å². The Bertz CT molecular complexity index is 656. The first-order valence-electron chi connectivity index (χ1n) is 5.76. The second-order valence-electron chi connectivity index (χ2n) is 3.78. The Morgan fingerprint density at radius 2 is 2.00 bits per heavy atom. The summed E-state index contributed by atoms with van der Waals surface area (Å²) in [5.74, 6) is 0.389. The zero-order valence-corrected chi connectivity index (χ0v) is 10.9. The van der Waals surface area contributed by atoms with Gasteiger partial charge in [0.2, 0.25) is 0 Å². The molecule has 0 radical (unpaired) electrons. The van der Waals surface area contributed by atoms with Crippen LogP contribution in [-0.2, 0) is 0 Å². The molecule has 0 saturated carbocycles. The second kappa shape index (κ2) is 6.47. The number of nitriles is 1. The van der Waals surface area contributed by atoms with Gasteiger partial charge < -0.3 is 9.47 Å². The maximum absolute atomic E-state index is 12.4. The molecular formula is C13H10F2N4O2. The number of ether oxygens (including phenoxy) is 2. The number of methoxy groups -OCH3 is 1. The number of hydrogen-bond donors (Lipinski definition) is 1. The highest BCUT2D eigenvalue weighted by Gasteiger charge is 2.12. The number of nitrogens with zero attached hydrogens (tertiary/aromatic N) is 3. The van der Waals surface area contributed by atoms with E-state index in [2.05, 4.69) is 20.3 Å². The largest absolute Gasteiger partial charge is 0.493 e.